The second-order valence-corrected chi connectivity index (χ2v) is 9.23. The second-order valence-electron chi connectivity index (χ2n) is 9.23. The molecule has 3 aromatic rings. The van der Waals surface area contributed by atoms with Crippen LogP contribution < -0.4 is 10.6 Å². The Morgan fingerprint density at radius 1 is 0.914 bits per heavy atom. The quantitative estimate of drug-likeness (QED) is 0.411. The zero-order chi connectivity index (χ0) is 24.6. The van der Waals surface area contributed by atoms with E-state index in [2.05, 4.69) is 15.6 Å². The molecule has 1 fully saturated rings. The summed E-state index contributed by atoms with van der Waals surface area (Å²) < 4.78 is 4.96. The molecular weight excluding hydrogens is 442 g/mol. The number of rotatable bonds is 9. The first kappa shape index (κ1) is 24.5. The third-order valence-corrected chi connectivity index (χ3v) is 6.79. The number of carbonyl (C=O) groups excluding carboxylic acids is 3. The molecule has 4 rings (SSSR count). The van der Waals surface area contributed by atoms with Gasteiger partial charge < -0.3 is 20.4 Å². The maximum Gasteiger partial charge on any atom is 0.328 e. The Kier molecular flexibility index (Phi) is 8.19. The molecule has 3 N–H and O–H groups in total. The minimum Gasteiger partial charge on any atom is -0.467 e. The van der Waals surface area contributed by atoms with Crippen LogP contribution in [0.5, 0.6) is 0 Å². The van der Waals surface area contributed by atoms with Crippen molar-refractivity contribution in [3.05, 3.63) is 71.9 Å². The average molecular weight is 476 g/mol. The summed E-state index contributed by atoms with van der Waals surface area (Å²) >= 11 is 0. The predicted octanol–water partition coefficient (Wildman–Crippen LogP) is 3.68. The minimum absolute atomic E-state index is 0.0808. The smallest absolute Gasteiger partial charge is 0.328 e. The van der Waals surface area contributed by atoms with Crippen molar-refractivity contribution in [2.24, 2.45) is 5.92 Å². The fourth-order valence-electron chi connectivity index (χ4n) is 4.84. The summed E-state index contributed by atoms with van der Waals surface area (Å²) in [6.07, 6.45) is 7.36. The molecule has 1 saturated carbocycles. The van der Waals surface area contributed by atoms with E-state index in [1.54, 1.807) is 0 Å². The van der Waals surface area contributed by atoms with E-state index < -0.39 is 24.0 Å². The number of hydrogen-bond acceptors (Lipinski definition) is 4. The minimum atomic E-state index is -0.855. The highest BCUT2D eigenvalue weighted by molar-refractivity contribution is 5.92. The number of para-hydroxylation sites is 1. The van der Waals surface area contributed by atoms with E-state index in [9.17, 15) is 14.4 Å². The number of hydrogen-bond donors (Lipinski definition) is 3. The molecule has 0 spiro atoms. The summed E-state index contributed by atoms with van der Waals surface area (Å²) in [6.45, 7) is 0. The van der Waals surface area contributed by atoms with Crippen molar-refractivity contribution in [2.75, 3.05) is 7.11 Å². The van der Waals surface area contributed by atoms with E-state index in [4.69, 9.17) is 4.74 Å². The number of benzene rings is 2. The van der Waals surface area contributed by atoms with Crippen LogP contribution in [0.25, 0.3) is 10.9 Å². The topological polar surface area (TPSA) is 100 Å². The molecule has 7 heteroatoms. The lowest BCUT2D eigenvalue weighted by Crippen LogP contribution is -2.54. The van der Waals surface area contributed by atoms with E-state index in [1.165, 1.54) is 7.11 Å². The van der Waals surface area contributed by atoms with Gasteiger partial charge >= 0.3 is 5.97 Å². The number of fused-ring (bicyclic) bond motifs is 1. The maximum absolute atomic E-state index is 13.5. The lowest BCUT2D eigenvalue weighted by molar-refractivity contribution is -0.145. The zero-order valence-electron chi connectivity index (χ0n) is 20.1. The van der Waals surface area contributed by atoms with Crippen LogP contribution in [-0.2, 0) is 32.0 Å². The van der Waals surface area contributed by atoms with Gasteiger partial charge in [-0.15, -0.1) is 0 Å². The van der Waals surface area contributed by atoms with Crippen molar-refractivity contribution in [3.63, 3.8) is 0 Å². The number of carbonyl (C=O) groups is 3. The van der Waals surface area contributed by atoms with Gasteiger partial charge in [-0.3, -0.25) is 9.59 Å². The van der Waals surface area contributed by atoms with Crippen LogP contribution in [0.3, 0.4) is 0 Å². The average Bonchev–Trinajstić information content (AvgIpc) is 3.31. The van der Waals surface area contributed by atoms with Gasteiger partial charge in [-0.05, 0) is 30.0 Å². The number of esters is 1. The fraction of sp³-hybridized carbons (Fsp3) is 0.393. The summed E-state index contributed by atoms with van der Waals surface area (Å²) in [4.78, 5) is 42.3. The summed E-state index contributed by atoms with van der Waals surface area (Å²) in [5, 5.41) is 6.85. The number of methoxy groups -OCH3 is 1. The first-order valence-electron chi connectivity index (χ1n) is 12.3. The van der Waals surface area contributed by atoms with Crippen LogP contribution in [-0.4, -0.2) is 42.0 Å². The molecule has 2 atom stereocenters. The first-order chi connectivity index (χ1) is 17.0. The Morgan fingerprint density at radius 3 is 2.37 bits per heavy atom. The summed E-state index contributed by atoms with van der Waals surface area (Å²) in [6, 6.07) is 15.7. The van der Waals surface area contributed by atoms with E-state index in [1.807, 2.05) is 60.8 Å². The highest BCUT2D eigenvalue weighted by atomic mass is 16.5. The van der Waals surface area contributed by atoms with Crippen molar-refractivity contribution < 1.29 is 19.1 Å². The van der Waals surface area contributed by atoms with Crippen LogP contribution in [0.4, 0.5) is 0 Å². The predicted molar refractivity (Wildman–Crippen MR) is 135 cm³/mol. The monoisotopic (exact) mass is 475 g/mol. The van der Waals surface area contributed by atoms with Crippen molar-refractivity contribution in [3.8, 4) is 0 Å². The van der Waals surface area contributed by atoms with Crippen LogP contribution >= 0.6 is 0 Å². The number of H-pyrrole nitrogens is 1. The van der Waals surface area contributed by atoms with Crippen LogP contribution in [0, 0.1) is 5.92 Å². The van der Waals surface area contributed by atoms with E-state index >= 15 is 0 Å². The third-order valence-electron chi connectivity index (χ3n) is 6.79. The molecule has 1 heterocycles. The Morgan fingerprint density at radius 2 is 1.63 bits per heavy atom. The summed E-state index contributed by atoms with van der Waals surface area (Å²) in [5.41, 5.74) is 2.81. The molecule has 1 aromatic heterocycles. The second kappa shape index (κ2) is 11.7. The van der Waals surface area contributed by atoms with Gasteiger partial charge in [0.15, 0.2) is 0 Å². The molecule has 0 unspecified atom stereocenters. The molecule has 1 aliphatic rings. The largest absolute Gasteiger partial charge is 0.467 e. The van der Waals surface area contributed by atoms with Crippen LogP contribution in [0.2, 0.25) is 0 Å². The molecule has 1 aliphatic carbocycles. The molecule has 0 bridgehead atoms. The SMILES string of the molecule is COC(=O)[C@@H](Cc1ccccc1)NC(=O)[C@H](Cc1c[nH]c2ccccc12)NC(=O)C1CCCCC1. The molecule has 184 valence electrons. The summed E-state index contributed by atoms with van der Waals surface area (Å²) in [5.74, 6) is -1.09. The van der Waals surface area contributed by atoms with Gasteiger partial charge in [0.25, 0.3) is 0 Å². The standard InChI is InChI=1S/C28H33N3O4/c1-35-28(34)25(16-19-10-4-2-5-11-19)31-27(33)24(30-26(32)20-12-6-3-7-13-20)17-21-18-29-23-15-9-8-14-22(21)23/h2,4-5,8-11,14-15,18,20,24-25,29H,3,6-7,12-13,16-17H2,1H3,(H,30,32)(H,31,33)/t24-,25+/m0/s1. The Labute approximate surface area is 205 Å². The van der Waals surface area contributed by atoms with Crippen molar-refractivity contribution in [2.45, 2.75) is 57.0 Å². The van der Waals surface area contributed by atoms with E-state index in [0.717, 1.165) is 54.1 Å². The third kappa shape index (κ3) is 6.29. The van der Waals surface area contributed by atoms with Gasteiger partial charge in [0.1, 0.15) is 12.1 Å². The number of aromatic amines is 1. The Balaban J connectivity index is 1.54. The Bertz CT molecular complexity index is 1150. The van der Waals surface area contributed by atoms with Gasteiger partial charge in [0.2, 0.25) is 11.8 Å². The number of amides is 2. The Hall–Kier alpha value is -3.61. The molecule has 7 nitrogen and oxygen atoms in total. The zero-order valence-corrected chi connectivity index (χ0v) is 20.1. The molecule has 0 aliphatic heterocycles. The van der Waals surface area contributed by atoms with E-state index in [-0.39, 0.29) is 11.8 Å². The van der Waals surface area contributed by atoms with Gasteiger partial charge in [-0.25, -0.2) is 4.79 Å². The van der Waals surface area contributed by atoms with Gasteiger partial charge in [0.05, 0.1) is 7.11 Å². The van der Waals surface area contributed by atoms with Gasteiger partial charge in [-0.1, -0.05) is 67.8 Å². The molecule has 0 saturated heterocycles. The number of ether oxygens (including phenoxy) is 1. The molecule has 2 amide bonds. The van der Waals surface area contributed by atoms with Crippen molar-refractivity contribution in [1.82, 2.24) is 15.6 Å². The first-order valence-corrected chi connectivity index (χ1v) is 12.3. The maximum atomic E-state index is 13.5. The van der Waals surface area contributed by atoms with Crippen molar-refractivity contribution in [1.29, 1.82) is 0 Å². The lowest BCUT2D eigenvalue weighted by atomic mass is 9.88. The van der Waals surface area contributed by atoms with Crippen LogP contribution in [0.15, 0.2) is 60.8 Å². The fourth-order valence-corrected chi connectivity index (χ4v) is 4.84. The highest BCUT2D eigenvalue weighted by Crippen LogP contribution is 2.24. The lowest BCUT2D eigenvalue weighted by Gasteiger charge is -2.26. The molecule has 2 aromatic carbocycles. The normalized spacial score (nSPS) is 15.8. The van der Waals surface area contributed by atoms with Gasteiger partial charge in [-0.2, -0.15) is 0 Å². The van der Waals surface area contributed by atoms with Crippen LogP contribution in [0.1, 0.15) is 43.2 Å². The molecular formula is C28H33N3O4. The molecule has 35 heavy (non-hydrogen) atoms. The number of nitrogens with one attached hydrogen (secondary N) is 3. The summed E-state index contributed by atoms with van der Waals surface area (Å²) in [7, 11) is 1.31. The van der Waals surface area contributed by atoms with Crippen molar-refractivity contribution >= 4 is 28.7 Å². The van der Waals surface area contributed by atoms with Gasteiger partial charge in [0, 0.05) is 35.9 Å². The number of aromatic nitrogens is 1. The molecule has 0 radical (unpaired) electrons. The van der Waals surface area contributed by atoms with E-state index in [0.29, 0.717) is 12.8 Å². The highest BCUT2D eigenvalue weighted by Gasteiger charge is 2.30.